The second-order valence-corrected chi connectivity index (χ2v) is 13.4. The molecule has 2 aromatic rings. The van der Waals surface area contributed by atoms with Crippen molar-refractivity contribution in [2.24, 2.45) is 5.41 Å². The maximum Gasteiger partial charge on any atom is 0.323 e. The van der Waals surface area contributed by atoms with Gasteiger partial charge in [0.15, 0.2) is 22.2 Å². The molecule has 2 aromatic heterocycles. The summed E-state index contributed by atoms with van der Waals surface area (Å²) in [6.45, 7) is 15.1. The van der Waals surface area contributed by atoms with Gasteiger partial charge in [-0.2, -0.15) is 0 Å². The molecular weight excluding hydrogens is 519 g/mol. The molecule has 0 aliphatic carbocycles. The SMILES string of the molecule is CC(C)OC(=O)[C@H](C)NP(=O)(N[C@@H](C)C(=O)OC(C)C)c1ccc(-c2nc(N)sc2C(=O)C(C)(C)C)o1. The van der Waals surface area contributed by atoms with E-state index < -0.39 is 36.9 Å². The van der Waals surface area contributed by atoms with E-state index in [-0.39, 0.29) is 40.1 Å². The number of nitrogens with one attached hydrogen (secondary N) is 2. The number of carbonyl (C=O) groups is 3. The first-order valence-electron chi connectivity index (χ1n) is 11.9. The van der Waals surface area contributed by atoms with Crippen LogP contribution in [0.15, 0.2) is 16.5 Å². The smallest absolute Gasteiger partial charge is 0.323 e. The fraction of sp³-hybridized carbons (Fsp3) is 0.583. The van der Waals surface area contributed by atoms with Gasteiger partial charge in [-0.25, -0.2) is 15.2 Å². The number of Topliss-reactive ketones (excluding diaryl/α,β-unsaturated/α-hetero) is 1. The highest BCUT2D eigenvalue weighted by Crippen LogP contribution is 2.40. The topological polar surface area (TPSA) is 163 Å². The van der Waals surface area contributed by atoms with Gasteiger partial charge < -0.3 is 19.6 Å². The van der Waals surface area contributed by atoms with Crippen LogP contribution in [-0.4, -0.2) is 47.0 Å². The van der Waals surface area contributed by atoms with Crippen molar-refractivity contribution in [2.45, 2.75) is 86.6 Å². The fourth-order valence-corrected chi connectivity index (χ4v) is 6.24. The van der Waals surface area contributed by atoms with Crippen molar-refractivity contribution in [1.29, 1.82) is 0 Å². The van der Waals surface area contributed by atoms with Gasteiger partial charge in [-0.05, 0) is 53.7 Å². The Morgan fingerprint density at radius 3 is 1.89 bits per heavy atom. The number of carbonyl (C=O) groups excluding carboxylic acids is 3. The number of nitrogens with zero attached hydrogens (tertiary/aromatic N) is 1. The molecule has 0 saturated carbocycles. The molecule has 0 unspecified atom stereocenters. The highest BCUT2D eigenvalue weighted by Gasteiger charge is 2.37. The van der Waals surface area contributed by atoms with Gasteiger partial charge in [0.1, 0.15) is 22.7 Å². The van der Waals surface area contributed by atoms with Crippen molar-refractivity contribution in [2.75, 3.05) is 5.73 Å². The van der Waals surface area contributed by atoms with Crippen molar-refractivity contribution in [1.82, 2.24) is 15.2 Å². The minimum Gasteiger partial charge on any atom is -0.462 e. The summed E-state index contributed by atoms with van der Waals surface area (Å²) in [6.07, 6.45) is -0.763. The first-order valence-corrected chi connectivity index (χ1v) is 14.5. The van der Waals surface area contributed by atoms with E-state index in [1.54, 1.807) is 48.5 Å². The predicted molar refractivity (Wildman–Crippen MR) is 143 cm³/mol. The molecule has 2 rings (SSSR count). The molecule has 4 N–H and O–H groups in total. The van der Waals surface area contributed by atoms with E-state index in [4.69, 9.17) is 19.6 Å². The van der Waals surface area contributed by atoms with Crippen LogP contribution in [0, 0.1) is 5.41 Å². The number of hydrogen-bond acceptors (Lipinski definition) is 10. The molecule has 2 heterocycles. The summed E-state index contributed by atoms with van der Waals surface area (Å²) < 4.78 is 30.6. The van der Waals surface area contributed by atoms with Gasteiger partial charge in [0.05, 0.1) is 12.2 Å². The van der Waals surface area contributed by atoms with Crippen molar-refractivity contribution < 1.29 is 32.8 Å². The summed E-state index contributed by atoms with van der Waals surface area (Å²) in [6, 6.07) is 0.900. The molecule has 0 fully saturated rings. The standard InChI is InChI=1S/C24H37N4O7PS/c1-12(2)33-21(30)14(5)27-36(32,28-15(6)22(31)34-13(3)4)17-11-10-16(35-17)18-19(37-23(25)26-18)20(29)24(7,8)9/h10-15H,1-9H3,(H2,25,26)(H2,27,28,32)/t14-,15-/m0/s1. The number of ketones is 1. The molecule has 0 radical (unpaired) electrons. The molecule has 0 saturated heterocycles. The van der Waals surface area contributed by atoms with Gasteiger partial charge in [-0.3, -0.25) is 18.9 Å². The van der Waals surface area contributed by atoms with Crippen LogP contribution >= 0.6 is 18.8 Å². The maximum absolute atomic E-state index is 14.2. The van der Waals surface area contributed by atoms with E-state index in [9.17, 15) is 18.9 Å². The molecule has 0 aliphatic rings. The van der Waals surface area contributed by atoms with Crippen LogP contribution in [0.5, 0.6) is 0 Å². The number of aromatic nitrogens is 1. The molecule has 0 aromatic carbocycles. The monoisotopic (exact) mass is 556 g/mol. The number of ether oxygens (including phenoxy) is 2. The lowest BCUT2D eigenvalue weighted by Gasteiger charge is -2.25. The Labute approximate surface area is 221 Å². The highest BCUT2D eigenvalue weighted by atomic mass is 32.1. The van der Waals surface area contributed by atoms with Crippen LogP contribution in [-0.2, 0) is 23.6 Å². The molecular formula is C24H37N4O7PS. The lowest BCUT2D eigenvalue weighted by Crippen LogP contribution is -2.45. The lowest BCUT2D eigenvalue weighted by atomic mass is 9.89. The molecule has 0 amide bonds. The number of nitrogen functional groups attached to an aromatic ring is 1. The van der Waals surface area contributed by atoms with E-state index >= 15 is 0 Å². The van der Waals surface area contributed by atoms with Gasteiger partial charge >= 0.3 is 11.9 Å². The van der Waals surface area contributed by atoms with Crippen LogP contribution in [0.2, 0.25) is 0 Å². The predicted octanol–water partition coefficient (Wildman–Crippen LogP) is 3.89. The van der Waals surface area contributed by atoms with Crippen LogP contribution < -0.4 is 21.4 Å². The Bertz CT molecular complexity index is 1150. The number of nitrogens with two attached hydrogens (primary N) is 1. The second kappa shape index (κ2) is 11.9. The Hall–Kier alpha value is -2.53. The molecule has 13 heteroatoms. The van der Waals surface area contributed by atoms with Gasteiger partial charge in [-0.15, -0.1) is 0 Å². The number of rotatable bonds is 11. The summed E-state index contributed by atoms with van der Waals surface area (Å²) >= 11 is 1.04. The minimum absolute atomic E-state index is 0.0865. The average molecular weight is 557 g/mol. The molecule has 11 nitrogen and oxygen atoms in total. The van der Waals surface area contributed by atoms with Crippen molar-refractivity contribution in [3.8, 4) is 11.5 Å². The highest BCUT2D eigenvalue weighted by molar-refractivity contribution is 7.67. The Kier molecular flexibility index (Phi) is 9.87. The maximum atomic E-state index is 14.2. The quantitative estimate of drug-likeness (QED) is 0.209. The van der Waals surface area contributed by atoms with Crippen LogP contribution in [0.3, 0.4) is 0 Å². The van der Waals surface area contributed by atoms with Crippen LogP contribution in [0.25, 0.3) is 11.5 Å². The summed E-state index contributed by atoms with van der Waals surface area (Å²) in [5.41, 5.74) is 5.34. The van der Waals surface area contributed by atoms with E-state index in [1.165, 1.54) is 26.0 Å². The average Bonchev–Trinajstić information content (AvgIpc) is 3.38. The number of anilines is 1. The third-order valence-corrected chi connectivity index (χ3v) is 8.07. The molecule has 2 atom stereocenters. The van der Waals surface area contributed by atoms with Gasteiger partial charge in [-0.1, -0.05) is 32.1 Å². The van der Waals surface area contributed by atoms with Crippen molar-refractivity contribution in [3.63, 3.8) is 0 Å². The normalized spacial score (nSPS) is 14.0. The number of furan rings is 1. The molecule has 37 heavy (non-hydrogen) atoms. The minimum atomic E-state index is -3.95. The van der Waals surface area contributed by atoms with E-state index in [1.807, 2.05) is 0 Å². The summed E-state index contributed by atoms with van der Waals surface area (Å²) in [5.74, 6) is -1.28. The zero-order valence-electron chi connectivity index (χ0n) is 22.7. The second-order valence-electron chi connectivity index (χ2n) is 10.2. The van der Waals surface area contributed by atoms with E-state index in [0.29, 0.717) is 4.88 Å². The zero-order chi connectivity index (χ0) is 28.3. The third kappa shape index (κ3) is 7.98. The van der Waals surface area contributed by atoms with Crippen molar-refractivity contribution >= 4 is 47.1 Å². The van der Waals surface area contributed by atoms with Gasteiger partial charge in [0, 0.05) is 5.41 Å². The van der Waals surface area contributed by atoms with E-state index in [2.05, 4.69) is 15.2 Å². The van der Waals surface area contributed by atoms with Crippen LogP contribution in [0.4, 0.5) is 5.13 Å². The summed E-state index contributed by atoms with van der Waals surface area (Å²) in [5, 5.41) is 5.66. The summed E-state index contributed by atoms with van der Waals surface area (Å²) in [7, 11) is -3.95. The van der Waals surface area contributed by atoms with Gasteiger partial charge in [0.2, 0.25) is 0 Å². The lowest BCUT2D eigenvalue weighted by molar-refractivity contribution is -0.149. The molecule has 0 bridgehead atoms. The molecule has 0 aliphatic heterocycles. The Morgan fingerprint density at radius 1 is 0.973 bits per heavy atom. The first kappa shape index (κ1) is 30.7. The first-order chi connectivity index (χ1) is 16.9. The zero-order valence-corrected chi connectivity index (χ0v) is 24.4. The number of thiazole rings is 1. The van der Waals surface area contributed by atoms with Gasteiger partial charge in [0.25, 0.3) is 7.44 Å². The van der Waals surface area contributed by atoms with E-state index in [0.717, 1.165) is 11.3 Å². The number of hydrogen-bond donors (Lipinski definition) is 3. The summed E-state index contributed by atoms with van der Waals surface area (Å²) in [4.78, 5) is 42.5. The Balaban J connectivity index is 2.49. The molecule has 0 spiro atoms. The van der Waals surface area contributed by atoms with Crippen LogP contribution in [0.1, 0.15) is 72.0 Å². The molecule has 206 valence electrons. The largest absolute Gasteiger partial charge is 0.462 e. The third-order valence-electron chi connectivity index (χ3n) is 4.83. The van der Waals surface area contributed by atoms with Crippen molar-refractivity contribution in [3.05, 3.63) is 17.0 Å². The fourth-order valence-electron chi connectivity index (χ4n) is 3.11. The number of esters is 2. The Morgan fingerprint density at radius 2 is 1.46 bits per heavy atom.